The molecular weight excluding hydrogens is 202 g/mol. The molecule has 1 aromatic carbocycles. The summed E-state index contributed by atoms with van der Waals surface area (Å²) in [4.78, 5) is 9.99. The molecule has 0 bridgehead atoms. The van der Waals surface area contributed by atoms with Crippen molar-refractivity contribution in [3.63, 3.8) is 0 Å². The molecule has 15 heavy (non-hydrogen) atoms. The quantitative estimate of drug-likeness (QED) is 0.337. The molecule has 0 saturated heterocycles. The fraction of sp³-hybridized carbons (Fsp3) is 0. The predicted octanol–water partition coefficient (Wildman–Crippen LogP) is 1.21. The highest BCUT2D eigenvalue weighted by atomic mass is 16.6. The zero-order valence-corrected chi connectivity index (χ0v) is 7.44. The van der Waals surface area contributed by atoms with Gasteiger partial charge in [-0.2, -0.15) is 0 Å². The lowest BCUT2D eigenvalue weighted by molar-refractivity contribution is -0.385. The van der Waals surface area contributed by atoms with Gasteiger partial charge in [0, 0.05) is 11.6 Å². The number of benzene rings is 1. The van der Waals surface area contributed by atoms with Gasteiger partial charge in [0.1, 0.15) is 0 Å². The molecule has 0 aliphatic carbocycles. The number of nitrogens with zero attached hydrogens (tertiary/aromatic N) is 3. The molecule has 0 unspecified atom stereocenters. The van der Waals surface area contributed by atoms with E-state index >= 15 is 0 Å². The molecule has 0 atom stereocenters. The summed E-state index contributed by atoms with van der Waals surface area (Å²) in [5, 5.41) is 32.6. The standard InChI is InChI=1S/C8H7N3O4/c12-9-4-6-1-2-7(5-10-13)8(3-6)11(14)15/h1-5,12-13H/b9-4-,10-5+. The Labute approximate surface area is 84.1 Å². The molecule has 7 nitrogen and oxygen atoms in total. The normalized spacial score (nSPS) is 11.2. The van der Waals surface area contributed by atoms with Gasteiger partial charge in [0.05, 0.1) is 22.9 Å². The van der Waals surface area contributed by atoms with Crippen molar-refractivity contribution in [3.05, 3.63) is 39.4 Å². The largest absolute Gasteiger partial charge is 0.411 e. The third kappa shape index (κ3) is 2.50. The van der Waals surface area contributed by atoms with Gasteiger partial charge in [-0.1, -0.05) is 16.4 Å². The van der Waals surface area contributed by atoms with Crippen molar-refractivity contribution < 1.29 is 15.3 Å². The lowest BCUT2D eigenvalue weighted by Gasteiger charge is -1.97. The zero-order chi connectivity index (χ0) is 11.3. The van der Waals surface area contributed by atoms with Crippen LogP contribution in [0, 0.1) is 10.1 Å². The first-order valence-electron chi connectivity index (χ1n) is 3.82. The molecule has 0 amide bonds. The SMILES string of the molecule is O=[N+]([O-])c1cc(/C=N\O)ccc1/C=N/O. The Morgan fingerprint density at radius 1 is 1.27 bits per heavy atom. The Morgan fingerprint density at radius 2 is 1.93 bits per heavy atom. The van der Waals surface area contributed by atoms with Gasteiger partial charge in [0.15, 0.2) is 0 Å². The van der Waals surface area contributed by atoms with Crippen LogP contribution in [0.2, 0.25) is 0 Å². The maximum absolute atomic E-state index is 10.6. The highest BCUT2D eigenvalue weighted by molar-refractivity contribution is 5.88. The van der Waals surface area contributed by atoms with Crippen LogP contribution in [0.4, 0.5) is 5.69 Å². The summed E-state index contributed by atoms with van der Waals surface area (Å²) in [5.41, 5.74) is 0.307. The Bertz CT molecular complexity index is 428. The van der Waals surface area contributed by atoms with E-state index in [0.717, 1.165) is 12.4 Å². The topological polar surface area (TPSA) is 108 Å². The number of nitro benzene ring substituents is 1. The van der Waals surface area contributed by atoms with E-state index in [9.17, 15) is 10.1 Å². The molecule has 0 saturated carbocycles. The second kappa shape index (κ2) is 4.70. The summed E-state index contributed by atoms with van der Waals surface area (Å²) in [6.07, 6.45) is 2.02. The molecule has 0 fully saturated rings. The van der Waals surface area contributed by atoms with Gasteiger partial charge in [-0.15, -0.1) is 0 Å². The van der Waals surface area contributed by atoms with Crippen molar-refractivity contribution in [2.45, 2.75) is 0 Å². The Morgan fingerprint density at radius 3 is 2.47 bits per heavy atom. The second-order valence-corrected chi connectivity index (χ2v) is 2.56. The smallest absolute Gasteiger partial charge is 0.278 e. The van der Waals surface area contributed by atoms with E-state index in [-0.39, 0.29) is 11.3 Å². The van der Waals surface area contributed by atoms with Crippen LogP contribution in [0.5, 0.6) is 0 Å². The number of rotatable bonds is 3. The minimum Gasteiger partial charge on any atom is -0.411 e. The van der Waals surface area contributed by atoms with Gasteiger partial charge in [-0.3, -0.25) is 10.1 Å². The van der Waals surface area contributed by atoms with Crippen LogP contribution in [0.15, 0.2) is 28.5 Å². The summed E-state index contributed by atoms with van der Waals surface area (Å²) in [5.74, 6) is 0. The van der Waals surface area contributed by atoms with Crippen LogP contribution in [-0.4, -0.2) is 27.8 Å². The number of oxime groups is 2. The highest BCUT2D eigenvalue weighted by Gasteiger charge is 2.12. The molecule has 0 aliphatic rings. The summed E-state index contributed by atoms with van der Waals surface area (Å²) < 4.78 is 0. The first-order chi connectivity index (χ1) is 7.19. The summed E-state index contributed by atoms with van der Waals surface area (Å²) >= 11 is 0. The molecule has 1 rings (SSSR count). The van der Waals surface area contributed by atoms with Crippen molar-refractivity contribution >= 4 is 18.1 Å². The van der Waals surface area contributed by atoms with E-state index in [1.807, 2.05) is 0 Å². The van der Waals surface area contributed by atoms with Gasteiger partial charge >= 0.3 is 0 Å². The van der Waals surface area contributed by atoms with Gasteiger partial charge in [-0.25, -0.2) is 0 Å². The molecular formula is C8H7N3O4. The average molecular weight is 209 g/mol. The Balaban J connectivity index is 3.26. The molecule has 0 heterocycles. The predicted molar refractivity (Wildman–Crippen MR) is 51.9 cm³/mol. The van der Waals surface area contributed by atoms with Crippen LogP contribution >= 0.6 is 0 Å². The van der Waals surface area contributed by atoms with Crippen LogP contribution < -0.4 is 0 Å². The third-order valence-corrected chi connectivity index (χ3v) is 1.65. The van der Waals surface area contributed by atoms with Crippen LogP contribution in [0.25, 0.3) is 0 Å². The minimum absolute atomic E-state index is 0.164. The number of nitro groups is 1. The van der Waals surface area contributed by atoms with Crippen LogP contribution in [0.3, 0.4) is 0 Å². The van der Waals surface area contributed by atoms with E-state index in [1.165, 1.54) is 18.2 Å². The molecule has 0 aliphatic heterocycles. The zero-order valence-electron chi connectivity index (χ0n) is 7.44. The van der Waals surface area contributed by atoms with Crippen LogP contribution in [-0.2, 0) is 0 Å². The van der Waals surface area contributed by atoms with E-state index in [0.29, 0.717) is 5.56 Å². The average Bonchev–Trinajstić information content (AvgIpc) is 2.21. The van der Waals surface area contributed by atoms with E-state index in [1.54, 1.807) is 0 Å². The molecule has 0 spiro atoms. The summed E-state index contributed by atoms with van der Waals surface area (Å²) in [6.45, 7) is 0. The van der Waals surface area contributed by atoms with E-state index in [4.69, 9.17) is 10.4 Å². The third-order valence-electron chi connectivity index (χ3n) is 1.65. The number of hydrogen-bond acceptors (Lipinski definition) is 6. The van der Waals surface area contributed by atoms with Crippen LogP contribution in [0.1, 0.15) is 11.1 Å². The molecule has 78 valence electrons. The maximum Gasteiger partial charge on any atom is 0.278 e. The van der Waals surface area contributed by atoms with Crippen molar-refractivity contribution in [2.24, 2.45) is 10.3 Å². The van der Waals surface area contributed by atoms with Crippen molar-refractivity contribution in [1.82, 2.24) is 0 Å². The summed E-state index contributed by atoms with van der Waals surface area (Å²) in [6, 6.07) is 4.08. The van der Waals surface area contributed by atoms with Crippen molar-refractivity contribution in [1.29, 1.82) is 0 Å². The lowest BCUT2D eigenvalue weighted by atomic mass is 10.1. The monoisotopic (exact) mass is 209 g/mol. The van der Waals surface area contributed by atoms with Gasteiger partial charge in [0.2, 0.25) is 0 Å². The molecule has 0 radical (unpaired) electrons. The lowest BCUT2D eigenvalue weighted by Crippen LogP contribution is -1.96. The van der Waals surface area contributed by atoms with Gasteiger partial charge in [0.25, 0.3) is 5.69 Å². The van der Waals surface area contributed by atoms with Gasteiger partial charge in [-0.05, 0) is 6.07 Å². The number of hydrogen-bond donors (Lipinski definition) is 2. The second-order valence-electron chi connectivity index (χ2n) is 2.56. The van der Waals surface area contributed by atoms with E-state index < -0.39 is 4.92 Å². The molecule has 2 N–H and O–H groups in total. The summed E-state index contributed by atoms with van der Waals surface area (Å²) in [7, 11) is 0. The molecule has 1 aromatic rings. The van der Waals surface area contributed by atoms with Crippen molar-refractivity contribution in [3.8, 4) is 0 Å². The first kappa shape index (κ1) is 10.6. The fourth-order valence-corrected chi connectivity index (χ4v) is 1.04. The molecule has 7 heteroatoms. The molecule has 0 aromatic heterocycles. The fourth-order valence-electron chi connectivity index (χ4n) is 1.04. The Kier molecular flexibility index (Phi) is 3.33. The Hall–Kier alpha value is -2.44. The highest BCUT2D eigenvalue weighted by Crippen LogP contribution is 2.17. The van der Waals surface area contributed by atoms with Crippen molar-refractivity contribution in [2.75, 3.05) is 0 Å². The van der Waals surface area contributed by atoms with Gasteiger partial charge < -0.3 is 10.4 Å². The minimum atomic E-state index is -0.619. The van der Waals surface area contributed by atoms with E-state index in [2.05, 4.69) is 10.3 Å². The first-order valence-corrected chi connectivity index (χ1v) is 3.82. The maximum atomic E-state index is 10.6.